The average Bonchev–Trinajstić information content (AvgIpc) is 3.71. The lowest BCUT2D eigenvalue weighted by Crippen LogP contribution is -2.19. The number of rotatable bonds is 2. The Balaban J connectivity index is 1.24. The van der Waals surface area contributed by atoms with Crippen molar-refractivity contribution in [2.45, 2.75) is 18.8 Å². The highest BCUT2D eigenvalue weighted by atomic mass is 14.9. The third-order valence-electron chi connectivity index (χ3n) is 11.9. The van der Waals surface area contributed by atoms with E-state index in [0.29, 0.717) is 0 Å². The second kappa shape index (κ2) is 10.2. The van der Waals surface area contributed by atoms with Crippen LogP contribution >= 0.6 is 0 Å². The molecule has 52 heavy (non-hydrogen) atoms. The summed E-state index contributed by atoms with van der Waals surface area (Å²) >= 11 is 0. The van der Waals surface area contributed by atoms with E-state index in [9.17, 15) is 0 Å². The molecule has 0 aliphatic heterocycles. The molecule has 3 nitrogen and oxygen atoms in total. The Labute approximate surface area is 299 Å². The van der Waals surface area contributed by atoms with Gasteiger partial charge in [0.25, 0.3) is 0 Å². The van der Waals surface area contributed by atoms with Gasteiger partial charge < -0.3 is 4.40 Å². The van der Waals surface area contributed by atoms with E-state index in [1.807, 2.05) is 0 Å². The van der Waals surface area contributed by atoms with Gasteiger partial charge in [-0.15, -0.1) is 0 Å². The van der Waals surface area contributed by atoms with Crippen molar-refractivity contribution in [3.8, 4) is 22.5 Å². The molecule has 8 aromatic carbocycles. The molecule has 242 valence electrons. The SMILES string of the molecule is C[C@H]1c2ccccc2-c2c(cc3c4ccccc4n4c5cc6ccccc6cc5c2c34)C1c1nc(-c2ccc3ccccc3c2)nc2ccccc12. The summed E-state index contributed by atoms with van der Waals surface area (Å²) in [4.78, 5) is 10.8. The van der Waals surface area contributed by atoms with Gasteiger partial charge >= 0.3 is 0 Å². The number of fused-ring (bicyclic) bond motifs is 13. The number of benzene rings is 8. The highest BCUT2D eigenvalue weighted by molar-refractivity contribution is 6.29. The van der Waals surface area contributed by atoms with E-state index in [0.717, 1.165) is 28.0 Å². The van der Waals surface area contributed by atoms with Gasteiger partial charge in [-0.05, 0) is 86.1 Å². The summed E-state index contributed by atoms with van der Waals surface area (Å²) in [5.74, 6) is 0.956. The van der Waals surface area contributed by atoms with Gasteiger partial charge in [0, 0.05) is 38.4 Å². The molecular weight excluding hydrogens is 631 g/mol. The van der Waals surface area contributed by atoms with E-state index in [4.69, 9.17) is 9.97 Å². The summed E-state index contributed by atoms with van der Waals surface area (Å²) in [6.07, 6.45) is 0. The summed E-state index contributed by atoms with van der Waals surface area (Å²) in [6.45, 7) is 2.40. The quantitative estimate of drug-likeness (QED) is 0.185. The van der Waals surface area contributed by atoms with Gasteiger partial charge in [-0.1, -0.05) is 128 Å². The highest BCUT2D eigenvalue weighted by Gasteiger charge is 2.37. The Morgan fingerprint density at radius 1 is 0.500 bits per heavy atom. The van der Waals surface area contributed by atoms with Gasteiger partial charge in [-0.2, -0.15) is 0 Å². The van der Waals surface area contributed by atoms with Crippen molar-refractivity contribution in [3.63, 3.8) is 0 Å². The Bertz CT molecular complexity index is 3280. The van der Waals surface area contributed by atoms with Crippen LogP contribution in [0.4, 0.5) is 0 Å². The van der Waals surface area contributed by atoms with Crippen molar-refractivity contribution in [1.82, 2.24) is 14.4 Å². The molecule has 3 heterocycles. The second-order valence-corrected chi connectivity index (χ2v) is 14.5. The minimum Gasteiger partial charge on any atom is -0.308 e. The Morgan fingerprint density at radius 2 is 1.19 bits per heavy atom. The first kappa shape index (κ1) is 28.2. The van der Waals surface area contributed by atoms with Gasteiger partial charge in [0.15, 0.2) is 5.82 Å². The third kappa shape index (κ3) is 3.69. The second-order valence-electron chi connectivity index (χ2n) is 14.5. The number of hydrogen-bond donors (Lipinski definition) is 0. The maximum Gasteiger partial charge on any atom is 0.160 e. The fourth-order valence-corrected chi connectivity index (χ4v) is 9.56. The van der Waals surface area contributed by atoms with E-state index in [1.54, 1.807) is 0 Å². The van der Waals surface area contributed by atoms with Crippen molar-refractivity contribution < 1.29 is 0 Å². The van der Waals surface area contributed by atoms with Crippen LogP contribution in [-0.4, -0.2) is 14.4 Å². The summed E-state index contributed by atoms with van der Waals surface area (Å²) in [6, 6.07) is 57.8. The van der Waals surface area contributed by atoms with E-state index in [-0.39, 0.29) is 11.8 Å². The molecule has 0 amide bonds. The van der Waals surface area contributed by atoms with Crippen LogP contribution in [0.15, 0.2) is 158 Å². The van der Waals surface area contributed by atoms with E-state index >= 15 is 0 Å². The summed E-state index contributed by atoms with van der Waals surface area (Å²) in [5, 5.41) is 11.3. The molecule has 0 N–H and O–H groups in total. The summed E-state index contributed by atoms with van der Waals surface area (Å²) < 4.78 is 2.52. The predicted octanol–water partition coefficient (Wildman–Crippen LogP) is 12.7. The standard InChI is InChI=1S/C49H31N3/c1-28-34-16-6-7-18-36(34)45-40(44(28)47-37-19-8-10-20-41(37)50-49(51-47)33-23-22-29-12-2-3-13-30(29)24-33)27-38-35-17-9-11-21-42(35)52-43-26-32-15-5-4-14-31(32)25-39(43)46(45)48(38)52/h2-28,44H,1H3/t28-,44?/m0/s1. The van der Waals surface area contributed by atoms with Crippen LogP contribution in [0.1, 0.15) is 35.6 Å². The lowest BCUT2D eigenvalue weighted by Gasteiger charge is -2.34. The van der Waals surface area contributed by atoms with E-state index < -0.39 is 0 Å². The van der Waals surface area contributed by atoms with Gasteiger partial charge in [-0.25, -0.2) is 9.97 Å². The molecule has 3 aromatic heterocycles. The normalized spacial score (nSPS) is 15.8. The van der Waals surface area contributed by atoms with Crippen molar-refractivity contribution in [1.29, 1.82) is 0 Å². The first-order chi connectivity index (χ1) is 25.7. The lowest BCUT2D eigenvalue weighted by atomic mass is 9.69. The maximum absolute atomic E-state index is 5.59. The fourth-order valence-electron chi connectivity index (χ4n) is 9.56. The number of para-hydroxylation sites is 2. The topological polar surface area (TPSA) is 30.2 Å². The largest absolute Gasteiger partial charge is 0.308 e. The molecule has 3 heteroatoms. The third-order valence-corrected chi connectivity index (χ3v) is 11.9. The van der Waals surface area contributed by atoms with Crippen molar-refractivity contribution in [3.05, 3.63) is 175 Å². The molecule has 1 aliphatic carbocycles. The van der Waals surface area contributed by atoms with E-state index in [2.05, 4.69) is 169 Å². The maximum atomic E-state index is 5.59. The predicted molar refractivity (Wildman–Crippen MR) is 217 cm³/mol. The molecule has 0 saturated heterocycles. The number of nitrogens with zero attached hydrogens (tertiary/aromatic N) is 3. The van der Waals surface area contributed by atoms with Crippen LogP contribution in [0.2, 0.25) is 0 Å². The molecule has 0 fully saturated rings. The van der Waals surface area contributed by atoms with Gasteiger partial charge in [0.05, 0.1) is 27.8 Å². The van der Waals surface area contributed by atoms with Crippen LogP contribution in [0, 0.1) is 0 Å². The van der Waals surface area contributed by atoms with Crippen LogP contribution in [0.3, 0.4) is 0 Å². The molecular formula is C49H31N3. The zero-order valence-corrected chi connectivity index (χ0v) is 28.5. The smallest absolute Gasteiger partial charge is 0.160 e. The molecule has 0 radical (unpaired) electrons. The summed E-state index contributed by atoms with van der Waals surface area (Å²) in [5.41, 5.74) is 12.3. The average molecular weight is 662 g/mol. The molecule has 0 saturated carbocycles. The van der Waals surface area contributed by atoms with Gasteiger partial charge in [0.2, 0.25) is 0 Å². The van der Waals surface area contributed by atoms with Crippen LogP contribution < -0.4 is 0 Å². The molecule has 2 atom stereocenters. The zero-order chi connectivity index (χ0) is 34.1. The minimum absolute atomic E-state index is 0.00396. The van der Waals surface area contributed by atoms with Crippen molar-refractivity contribution >= 4 is 70.5 Å². The van der Waals surface area contributed by atoms with Crippen molar-refractivity contribution in [2.24, 2.45) is 0 Å². The molecule has 12 rings (SSSR count). The highest BCUT2D eigenvalue weighted by Crippen LogP contribution is 2.56. The van der Waals surface area contributed by atoms with Gasteiger partial charge in [0.1, 0.15) is 0 Å². The zero-order valence-electron chi connectivity index (χ0n) is 28.5. The van der Waals surface area contributed by atoms with Crippen LogP contribution in [0.5, 0.6) is 0 Å². The number of hydrogen-bond acceptors (Lipinski definition) is 2. The fraction of sp³-hybridized carbons (Fsp3) is 0.0612. The van der Waals surface area contributed by atoms with Crippen molar-refractivity contribution in [2.75, 3.05) is 0 Å². The number of aromatic nitrogens is 3. The molecule has 0 spiro atoms. The first-order valence-corrected chi connectivity index (χ1v) is 18.2. The first-order valence-electron chi connectivity index (χ1n) is 18.2. The van der Waals surface area contributed by atoms with Crippen LogP contribution in [0.25, 0.3) is 93.1 Å². The van der Waals surface area contributed by atoms with Crippen LogP contribution in [-0.2, 0) is 0 Å². The Morgan fingerprint density at radius 3 is 2.06 bits per heavy atom. The lowest BCUT2D eigenvalue weighted by molar-refractivity contribution is 0.639. The van der Waals surface area contributed by atoms with E-state index in [1.165, 1.54) is 81.9 Å². The van der Waals surface area contributed by atoms with Gasteiger partial charge in [-0.3, -0.25) is 0 Å². The molecule has 1 unspecified atom stereocenters. The minimum atomic E-state index is 0.00396. The summed E-state index contributed by atoms with van der Waals surface area (Å²) in [7, 11) is 0. The Kier molecular flexibility index (Phi) is 5.55. The molecule has 1 aliphatic rings. The molecule has 0 bridgehead atoms. The monoisotopic (exact) mass is 661 g/mol. The molecule has 11 aromatic rings. The Hall–Kier alpha value is -6.58.